The number of aromatic nitrogens is 2. The van der Waals surface area contributed by atoms with Crippen LogP contribution in [0, 0.1) is 6.92 Å². The molecule has 0 radical (unpaired) electrons. The van der Waals surface area contributed by atoms with E-state index in [0.29, 0.717) is 5.75 Å². The lowest BCUT2D eigenvalue weighted by atomic mass is 10.0. The van der Waals surface area contributed by atoms with Crippen molar-refractivity contribution in [3.63, 3.8) is 0 Å². The SMILES string of the molecule is Cc1csc([C@H]2CCCCN2C(=O)[C@H](C)Oc2cccnc2)n1. The Kier molecular flexibility index (Phi) is 4.91. The predicted octanol–water partition coefficient (Wildman–Crippen LogP) is 3.37. The van der Waals surface area contributed by atoms with E-state index in [2.05, 4.69) is 9.97 Å². The smallest absolute Gasteiger partial charge is 0.263 e. The van der Waals surface area contributed by atoms with Gasteiger partial charge in [-0.15, -0.1) is 11.3 Å². The molecule has 0 unspecified atom stereocenters. The lowest BCUT2D eigenvalue weighted by Crippen LogP contribution is -2.45. The molecule has 5 nitrogen and oxygen atoms in total. The molecule has 122 valence electrons. The van der Waals surface area contributed by atoms with E-state index in [1.54, 1.807) is 36.7 Å². The van der Waals surface area contributed by atoms with Crippen LogP contribution in [0.2, 0.25) is 0 Å². The minimum Gasteiger partial charge on any atom is -0.479 e. The number of hydrogen-bond donors (Lipinski definition) is 0. The molecule has 0 aliphatic carbocycles. The molecule has 0 saturated carbocycles. The van der Waals surface area contributed by atoms with Crippen LogP contribution in [0.4, 0.5) is 0 Å². The Morgan fingerprint density at radius 1 is 1.48 bits per heavy atom. The molecule has 1 aliphatic heterocycles. The topological polar surface area (TPSA) is 55.3 Å². The monoisotopic (exact) mass is 331 g/mol. The molecule has 1 aliphatic rings. The average Bonchev–Trinajstić information content (AvgIpc) is 3.01. The number of hydrogen-bond acceptors (Lipinski definition) is 5. The lowest BCUT2D eigenvalue weighted by Gasteiger charge is -2.36. The number of rotatable bonds is 4. The van der Waals surface area contributed by atoms with Crippen LogP contribution in [0.5, 0.6) is 5.75 Å². The first kappa shape index (κ1) is 15.9. The summed E-state index contributed by atoms with van der Waals surface area (Å²) in [6.45, 7) is 4.56. The number of nitrogens with zero attached hydrogens (tertiary/aromatic N) is 3. The summed E-state index contributed by atoms with van der Waals surface area (Å²) < 4.78 is 5.75. The van der Waals surface area contributed by atoms with Gasteiger partial charge in [0, 0.05) is 23.8 Å². The average molecular weight is 331 g/mol. The van der Waals surface area contributed by atoms with Gasteiger partial charge in [0.1, 0.15) is 10.8 Å². The van der Waals surface area contributed by atoms with Crippen molar-refractivity contribution in [2.45, 2.75) is 45.3 Å². The molecular weight excluding hydrogens is 310 g/mol. The van der Waals surface area contributed by atoms with Crippen molar-refractivity contribution in [3.05, 3.63) is 40.6 Å². The summed E-state index contributed by atoms with van der Waals surface area (Å²) in [5, 5.41) is 3.08. The van der Waals surface area contributed by atoms with Crippen LogP contribution >= 0.6 is 11.3 Å². The van der Waals surface area contributed by atoms with Gasteiger partial charge in [-0.05, 0) is 45.2 Å². The molecule has 2 atom stereocenters. The second-order valence-corrected chi connectivity index (χ2v) is 6.71. The minimum absolute atomic E-state index is 0.0198. The molecule has 3 heterocycles. The number of thiazole rings is 1. The van der Waals surface area contributed by atoms with Crippen molar-refractivity contribution in [2.24, 2.45) is 0 Å². The van der Waals surface area contributed by atoms with Crippen LogP contribution in [0.3, 0.4) is 0 Å². The van der Waals surface area contributed by atoms with Crippen LogP contribution in [0.1, 0.15) is 42.9 Å². The highest BCUT2D eigenvalue weighted by atomic mass is 32.1. The fourth-order valence-electron chi connectivity index (χ4n) is 2.88. The van der Waals surface area contributed by atoms with E-state index < -0.39 is 6.10 Å². The molecular formula is C17H21N3O2S. The van der Waals surface area contributed by atoms with Gasteiger partial charge in [-0.25, -0.2) is 4.98 Å². The van der Waals surface area contributed by atoms with E-state index >= 15 is 0 Å². The third kappa shape index (κ3) is 3.69. The first-order valence-corrected chi connectivity index (χ1v) is 8.82. The van der Waals surface area contributed by atoms with Gasteiger partial charge in [-0.1, -0.05) is 0 Å². The fraction of sp³-hybridized carbons (Fsp3) is 0.471. The molecule has 3 rings (SSSR count). The van der Waals surface area contributed by atoms with E-state index in [9.17, 15) is 4.79 Å². The molecule has 23 heavy (non-hydrogen) atoms. The van der Waals surface area contributed by atoms with Crippen molar-refractivity contribution >= 4 is 17.2 Å². The second kappa shape index (κ2) is 7.08. The molecule has 0 spiro atoms. The summed E-state index contributed by atoms with van der Waals surface area (Å²) in [5.41, 5.74) is 1.02. The van der Waals surface area contributed by atoms with Crippen LogP contribution in [0.15, 0.2) is 29.9 Å². The maximum absolute atomic E-state index is 12.9. The largest absolute Gasteiger partial charge is 0.479 e. The molecule has 2 aromatic rings. The first-order valence-electron chi connectivity index (χ1n) is 7.94. The van der Waals surface area contributed by atoms with Gasteiger partial charge in [0.25, 0.3) is 5.91 Å². The maximum Gasteiger partial charge on any atom is 0.263 e. The number of ether oxygens (including phenoxy) is 1. The second-order valence-electron chi connectivity index (χ2n) is 5.82. The fourth-order valence-corrected chi connectivity index (χ4v) is 3.83. The van der Waals surface area contributed by atoms with Crippen LogP contribution in [0.25, 0.3) is 0 Å². The molecule has 2 aromatic heterocycles. The van der Waals surface area contributed by atoms with Crippen molar-refractivity contribution in [3.8, 4) is 5.75 Å². The molecule has 0 N–H and O–H groups in total. The highest BCUT2D eigenvalue weighted by molar-refractivity contribution is 7.09. The Bertz CT molecular complexity index is 659. The van der Waals surface area contributed by atoms with Gasteiger partial charge in [0.2, 0.25) is 0 Å². The Labute approximate surface area is 140 Å². The number of amides is 1. The Morgan fingerprint density at radius 2 is 2.35 bits per heavy atom. The van der Waals surface area contributed by atoms with Gasteiger partial charge >= 0.3 is 0 Å². The Hall–Kier alpha value is -1.95. The lowest BCUT2D eigenvalue weighted by molar-refractivity contribution is -0.142. The van der Waals surface area contributed by atoms with Gasteiger partial charge in [-0.3, -0.25) is 9.78 Å². The summed E-state index contributed by atoms with van der Waals surface area (Å²) in [6, 6.07) is 3.69. The maximum atomic E-state index is 12.9. The van der Waals surface area contributed by atoms with E-state index in [1.165, 1.54) is 0 Å². The summed E-state index contributed by atoms with van der Waals surface area (Å²) in [7, 11) is 0. The molecule has 1 amide bonds. The normalized spacial score (nSPS) is 19.4. The summed E-state index contributed by atoms with van der Waals surface area (Å²) >= 11 is 1.64. The quantitative estimate of drug-likeness (QED) is 0.862. The Morgan fingerprint density at radius 3 is 3.04 bits per heavy atom. The standard InChI is InChI=1S/C17H21N3O2S/c1-12-11-23-16(19-12)15-7-3-4-9-20(15)17(21)13(2)22-14-6-5-8-18-10-14/h5-6,8,10-11,13,15H,3-4,7,9H2,1-2H3/t13-,15+/m0/s1. The number of carbonyl (C=O) groups excluding carboxylic acids is 1. The summed E-state index contributed by atoms with van der Waals surface area (Å²) in [6.07, 6.45) is 5.92. The third-order valence-corrected chi connectivity index (χ3v) is 5.07. The zero-order valence-corrected chi connectivity index (χ0v) is 14.3. The van der Waals surface area contributed by atoms with Crippen LogP contribution < -0.4 is 4.74 Å². The van der Waals surface area contributed by atoms with Gasteiger partial charge in [0.05, 0.1) is 12.2 Å². The predicted molar refractivity (Wildman–Crippen MR) is 89.5 cm³/mol. The first-order chi connectivity index (χ1) is 11.1. The number of likely N-dealkylation sites (tertiary alicyclic amines) is 1. The Balaban J connectivity index is 1.73. The van der Waals surface area contributed by atoms with Crippen molar-refractivity contribution in [1.29, 1.82) is 0 Å². The number of aryl methyl sites for hydroxylation is 1. The number of pyridine rings is 1. The third-order valence-electron chi connectivity index (χ3n) is 4.00. The highest BCUT2D eigenvalue weighted by Crippen LogP contribution is 2.33. The molecule has 0 aromatic carbocycles. The van der Waals surface area contributed by atoms with Crippen molar-refractivity contribution in [1.82, 2.24) is 14.9 Å². The molecule has 6 heteroatoms. The van der Waals surface area contributed by atoms with Crippen molar-refractivity contribution < 1.29 is 9.53 Å². The zero-order valence-electron chi connectivity index (χ0n) is 13.4. The highest BCUT2D eigenvalue weighted by Gasteiger charge is 2.33. The van der Waals surface area contributed by atoms with Gasteiger partial charge in [-0.2, -0.15) is 0 Å². The van der Waals surface area contributed by atoms with Crippen LogP contribution in [-0.2, 0) is 4.79 Å². The minimum atomic E-state index is -0.527. The zero-order chi connectivity index (χ0) is 16.2. The number of carbonyl (C=O) groups is 1. The summed E-state index contributed by atoms with van der Waals surface area (Å²) in [4.78, 5) is 23.4. The molecule has 0 bridgehead atoms. The van der Waals surface area contributed by atoms with Gasteiger partial charge in [0.15, 0.2) is 6.10 Å². The molecule has 1 saturated heterocycles. The molecule has 1 fully saturated rings. The van der Waals surface area contributed by atoms with E-state index in [-0.39, 0.29) is 11.9 Å². The van der Waals surface area contributed by atoms with E-state index in [1.807, 2.05) is 23.3 Å². The summed E-state index contributed by atoms with van der Waals surface area (Å²) in [5.74, 6) is 0.637. The van der Waals surface area contributed by atoms with Gasteiger partial charge < -0.3 is 9.64 Å². The van der Waals surface area contributed by atoms with E-state index in [4.69, 9.17) is 4.74 Å². The van der Waals surface area contributed by atoms with E-state index in [0.717, 1.165) is 36.5 Å². The van der Waals surface area contributed by atoms with Crippen LogP contribution in [-0.4, -0.2) is 33.4 Å². The number of piperidine rings is 1. The van der Waals surface area contributed by atoms with Crippen molar-refractivity contribution in [2.75, 3.05) is 6.54 Å².